The molecule has 3 heterocycles. The maximum Gasteiger partial charge on any atom is 0.142 e. The molecular weight excluding hydrogens is 320 g/mol. The fraction of sp³-hybridized carbons (Fsp3) is 0.333. The number of fused-ring (bicyclic) bond motifs is 1. The van der Waals surface area contributed by atoms with Crippen LogP contribution in [-0.4, -0.2) is 41.2 Å². The lowest BCUT2D eigenvalue weighted by atomic mass is 10.2. The molecule has 0 atom stereocenters. The molecule has 1 N–H and O–H groups in total. The fourth-order valence-corrected chi connectivity index (χ4v) is 3.77. The highest BCUT2D eigenvalue weighted by molar-refractivity contribution is 7.18. The molecule has 6 heteroatoms. The van der Waals surface area contributed by atoms with Crippen LogP contribution in [0, 0.1) is 6.92 Å². The van der Waals surface area contributed by atoms with Gasteiger partial charge in [0, 0.05) is 30.2 Å². The highest BCUT2D eigenvalue weighted by atomic mass is 32.1. The second-order valence-corrected chi connectivity index (χ2v) is 7.24. The van der Waals surface area contributed by atoms with Gasteiger partial charge in [-0.25, -0.2) is 9.97 Å². The molecule has 2 aromatic heterocycles. The Balaban J connectivity index is 1.48. The van der Waals surface area contributed by atoms with Gasteiger partial charge in [0.1, 0.15) is 17.0 Å². The molecule has 3 aromatic rings. The summed E-state index contributed by atoms with van der Waals surface area (Å²) in [4.78, 5) is 13.4. The van der Waals surface area contributed by atoms with Gasteiger partial charge >= 0.3 is 0 Å². The standard InChI is InChI=1S/C18H20N4OS/c1-13-10-16-17(19-12-20-18(16)24-13)21-15-4-2-14(3-5-15)11-22-6-8-23-9-7-22/h2-5,10,12H,6-9,11H2,1H3,(H,19,20,21). The second-order valence-electron chi connectivity index (χ2n) is 6.01. The van der Waals surface area contributed by atoms with Crippen molar-refractivity contribution in [2.75, 3.05) is 31.6 Å². The van der Waals surface area contributed by atoms with Crippen molar-refractivity contribution in [3.8, 4) is 0 Å². The van der Waals surface area contributed by atoms with Crippen molar-refractivity contribution in [3.63, 3.8) is 0 Å². The number of benzene rings is 1. The molecule has 5 nitrogen and oxygen atoms in total. The lowest BCUT2D eigenvalue weighted by Gasteiger charge is -2.26. The molecule has 1 aliphatic heterocycles. The van der Waals surface area contributed by atoms with E-state index in [1.54, 1.807) is 17.7 Å². The zero-order chi connectivity index (χ0) is 16.4. The summed E-state index contributed by atoms with van der Waals surface area (Å²) >= 11 is 1.69. The summed E-state index contributed by atoms with van der Waals surface area (Å²) in [6, 6.07) is 10.7. The van der Waals surface area contributed by atoms with E-state index in [9.17, 15) is 0 Å². The van der Waals surface area contributed by atoms with E-state index >= 15 is 0 Å². The Morgan fingerprint density at radius 1 is 1.17 bits per heavy atom. The van der Waals surface area contributed by atoms with Crippen molar-refractivity contribution < 1.29 is 4.74 Å². The van der Waals surface area contributed by atoms with Crippen LogP contribution in [0.5, 0.6) is 0 Å². The van der Waals surface area contributed by atoms with Crippen LogP contribution in [0.4, 0.5) is 11.5 Å². The van der Waals surface area contributed by atoms with Crippen molar-refractivity contribution >= 4 is 33.1 Å². The van der Waals surface area contributed by atoms with Crippen molar-refractivity contribution in [3.05, 3.63) is 47.1 Å². The van der Waals surface area contributed by atoms with Gasteiger partial charge in [0.2, 0.25) is 0 Å². The first-order valence-corrected chi connectivity index (χ1v) is 8.97. The van der Waals surface area contributed by atoms with Gasteiger partial charge in [0.05, 0.1) is 18.6 Å². The van der Waals surface area contributed by atoms with Crippen LogP contribution < -0.4 is 5.32 Å². The van der Waals surface area contributed by atoms with E-state index in [0.29, 0.717) is 0 Å². The van der Waals surface area contributed by atoms with Gasteiger partial charge in [0.15, 0.2) is 0 Å². The monoisotopic (exact) mass is 340 g/mol. The number of hydrogen-bond acceptors (Lipinski definition) is 6. The molecule has 1 fully saturated rings. The first-order valence-electron chi connectivity index (χ1n) is 8.15. The average Bonchev–Trinajstić information content (AvgIpc) is 2.99. The van der Waals surface area contributed by atoms with Crippen LogP contribution in [0.1, 0.15) is 10.4 Å². The van der Waals surface area contributed by atoms with Crippen LogP contribution in [0.25, 0.3) is 10.2 Å². The van der Waals surface area contributed by atoms with E-state index in [1.807, 2.05) is 0 Å². The van der Waals surface area contributed by atoms with Gasteiger partial charge in [-0.3, -0.25) is 4.90 Å². The van der Waals surface area contributed by atoms with Gasteiger partial charge < -0.3 is 10.1 Å². The molecular formula is C18H20N4OS. The highest BCUT2D eigenvalue weighted by Crippen LogP contribution is 2.29. The van der Waals surface area contributed by atoms with Crippen LogP contribution >= 0.6 is 11.3 Å². The number of ether oxygens (including phenoxy) is 1. The number of aryl methyl sites for hydroxylation is 1. The largest absolute Gasteiger partial charge is 0.379 e. The second kappa shape index (κ2) is 6.84. The number of anilines is 2. The summed E-state index contributed by atoms with van der Waals surface area (Å²) in [7, 11) is 0. The Labute approximate surface area is 145 Å². The number of morpholine rings is 1. The van der Waals surface area contributed by atoms with E-state index < -0.39 is 0 Å². The molecule has 124 valence electrons. The van der Waals surface area contributed by atoms with Gasteiger partial charge in [-0.1, -0.05) is 12.1 Å². The predicted octanol–water partition coefficient (Wildman–Crippen LogP) is 3.58. The zero-order valence-corrected chi connectivity index (χ0v) is 14.5. The number of nitrogens with one attached hydrogen (secondary N) is 1. The summed E-state index contributed by atoms with van der Waals surface area (Å²) in [5.41, 5.74) is 2.37. The Hall–Kier alpha value is -2.02. The third-order valence-electron chi connectivity index (χ3n) is 4.18. The number of hydrogen-bond donors (Lipinski definition) is 1. The van der Waals surface area contributed by atoms with Crippen LogP contribution in [0.2, 0.25) is 0 Å². The lowest BCUT2D eigenvalue weighted by Crippen LogP contribution is -2.35. The number of aromatic nitrogens is 2. The SMILES string of the molecule is Cc1cc2c(Nc3ccc(CN4CCOCC4)cc3)ncnc2s1. The molecule has 0 spiro atoms. The van der Waals surface area contributed by atoms with E-state index in [-0.39, 0.29) is 0 Å². The summed E-state index contributed by atoms with van der Waals surface area (Å²) in [5.74, 6) is 0.866. The molecule has 0 amide bonds. The van der Waals surface area contributed by atoms with Gasteiger partial charge in [-0.05, 0) is 30.7 Å². The minimum Gasteiger partial charge on any atom is -0.379 e. The molecule has 4 rings (SSSR count). The Morgan fingerprint density at radius 2 is 1.96 bits per heavy atom. The minimum atomic E-state index is 0.837. The third-order valence-corrected chi connectivity index (χ3v) is 5.14. The number of thiophene rings is 1. The van der Waals surface area contributed by atoms with E-state index in [4.69, 9.17) is 4.74 Å². The summed E-state index contributed by atoms with van der Waals surface area (Å²) in [6.45, 7) is 6.77. The van der Waals surface area contributed by atoms with Crippen LogP contribution in [0.15, 0.2) is 36.7 Å². The molecule has 0 bridgehead atoms. The van der Waals surface area contributed by atoms with Crippen molar-refractivity contribution in [1.29, 1.82) is 0 Å². The van der Waals surface area contributed by atoms with Crippen LogP contribution in [-0.2, 0) is 11.3 Å². The molecule has 24 heavy (non-hydrogen) atoms. The van der Waals surface area contributed by atoms with E-state index in [1.165, 1.54) is 10.4 Å². The maximum absolute atomic E-state index is 5.40. The normalized spacial score (nSPS) is 15.7. The van der Waals surface area contributed by atoms with E-state index in [2.05, 4.69) is 57.4 Å². The number of rotatable bonds is 4. The van der Waals surface area contributed by atoms with Gasteiger partial charge in [-0.2, -0.15) is 0 Å². The average molecular weight is 340 g/mol. The first kappa shape index (κ1) is 15.5. The summed E-state index contributed by atoms with van der Waals surface area (Å²) in [5, 5.41) is 4.49. The summed E-state index contributed by atoms with van der Waals surface area (Å²) < 4.78 is 5.40. The van der Waals surface area contributed by atoms with Crippen molar-refractivity contribution in [1.82, 2.24) is 14.9 Å². The quantitative estimate of drug-likeness (QED) is 0.787. The molecule has 0 aliphatic carbocycles. The lowest BCUT2D eigenvalue weighted by molar-refractivity contribution is 0.0342. The predicted molar refractivity (Wildman–Crippen MR) is 98.0 cm³/mol. The van der Waals surface area contributed by atoms with Gasteiger partial charge in [-0.15, -0.1) is 11.3 Å². The van der Waals surface area contributed by atoms with E-state index in [0.717, 1.165) is 54.6 Å². The van der Waals surface area contributed by atoms with Crippen LogP contribution in [0.3, 0.4) is 0 Å². The minimum absolute atomic E-state index is 0.837. The molecule has 0 saturated carbocycles. The maximum atomic E-state index is 5.40. The smallest absolute Gasteiger partial charge is 0.142 e. The molecule has 1 aromatic carbocycles. The zero-order valence-electron chi connectivity index (χ0n) is 13.7. The fourth-order valence-electron chi connectivity index (χ4n) is 2.92. The molecule has 0 unspecified atom stereocenters. The van der Waals surface area contributed by atoms with Gasteiger partial charge in [0.25, 0.3) is 0 Å². The number of nitrogens with zero attached hydrogens (tertiary/aromatic N) is 3. The highest BCUT2D eigenvalue weighted by Gasteiger charge is 2.11. The Bertz CT molecular complexity index is 825. The third kappa shape index (κ3) is 3.40. The molecule has 1 aliphatic rings. The Morgan fingerprint density at radius 3 is 2.75 bits per heavy atom. The Kier molecular flexibility index (Phi) is 4.42. The topological polar surface area (TPSA) is 50.3 Å². The van der Waals surface area contributed by atoms with Crippen molar-refractivity contribution in [2.45, 2.75) is 13.5 Å². The first-order chi connectivity index (χ1) is 11.8. The van der Waals surface area contributed by atoms with Crippen molar-refractivity contribution in [2.24, 2.45) is 0 Å². The molecule has 1 saturated heterocycles. The molecule has 0 radical (unpaired) electrons. The summed E-state index contributed by atoms with van der Waals surface area (Å²) in [6.07, 6.45) is 1.62.